The molecular formula is C12H25NO2S. The largest absolute Gasteiger partial charge is 0.465 e. The topological polar surface area (TPSA) is 38.3 Å². The summed E-state index contributed by atoms with van der Waals surface area (Å²) in [5, 5.41) is 3.73. The number of ether oxygens (including phenoxy) is 1. The van der Waals surface area contributed by atoms with Crippen molar-refractivity contribution in [2.45, 2.75) is 45.9 Å². The van der Waals surface area contributed by atoms with Gasteiger partial charge in [0.25, 0.3) is 0 Å². The number of nitrogens with one attached hydrogen (secondary N) is 1. The highest BCUT2D eigenvalue weighted by molar-refractivity contribution is 7.99. The summed E-state index contributed by atoms with van der Waals surface area (Å²) in [6.45, 7) is 11.7. The Bertz CT molecular complexity index is 197. The molecule has 0 amide bonds. The van der Waals surface area contributed by atoms with Crippen molar-refractivity contribution in [3.05, 3.63) is 0 Å². The quantitative estimate of drug-likeness (QED) is 0.668. The summed E-state index contributed by atoms with van der Waals surface area (Å²) in [4.78, 5) is 11.6. The van der Waals surface area contributed by atoms with E-state index in [0.717, 1.165) is 12.3 Å². The Kier molecular flexibility index (Phi) is 8.76. The Morgan fingerprint density at radius 1 is 1.31 bits per heavy atom. The molecule has 0 rings (SSSR count). The molecule has 0 aliphatic heterocycles. The fourth-order valence-electron chi connectivity index (χ4n) is 1.14. The van der Waals surface area contributed by atoms with Gasteiger partial charge in [0.05, 0.1) is 6.61 Å². The van der Waals surface area contributed by atoms with Gasteiger partial charge in [-0.2, -0.15) is 11.8 Å². The molecular weight excluding hydrogens is 222 g/mol. The summed E-state index contributed by atoms with van der Waals surface area (Å²) in [5.74, 6) is 1.29. The minimum absolute atomic E-state index is 0.132. The van der Waals surface area contributed by atoms with Gasteiger partial charge in [0.1, 0.15) is 6.04 Å². The second kappa shape index (κ2) is 8.88. The van der Waals surface area contributed by atoms with Crippen LogP contribution >= 0.6 is 11.8 Å². The fourth-order valence-corrected chi connectivity index (χ4v) is 2.27. The first-order chi connectivity index (χ1) is 7.52. The maximum atomic E-state index is 11.6. The van der Waals surface area contributed by atoms with Gasteiger partial charge in [-0.05, 0) is 19.4 Å². The van der Waals surface area contributed by atoms with Crippen LogP contribution in [0.1, 0.15) is 34.6 Å². The van der Waals surface area contributed by atoms with E-state index >= 15 is 0 Å². The highest BCUT2D eigenvalue weighted by Crippen LogP contribution is 2.19. The molecule has 0 fully saturated rings. The number of thioether (sulfide) groups is 1. The van der Waals surface area contributed by atoms with E-state index in [1.165, 1.54) is 0 Å². The van der Waals surface area contributed by atoms with E-state index in [1.807, 2.05) is 25.6 Å². The third-order valence-corrected chi connectivity index (χ3v) is 4.08. The Labute approximate surface area is 104 Å². The lowest BCUT2D eigenvalue weighted by Crippen LogP contribution is -2.40. The van der Waals surface area contributed by atoms with Crippen molar-refractivity contribution < 1.29 is 9.53 Å². The minimum atomic E-state index is -0.170. The highest BCUT2D eigenvalue weighted by Gasteiger charge is 2.20. The molecule has 0 radical (unpaired) electrons. The van der Waals surface area contributed by atoms with Crippen molar-refractivity contribution in [1.29, 1.82) is 0 Å². The Morgan fingerprint density at radius 2 is 1.94 bits per heavy atom. The summed E-state index contributed by atoms with van der Waals surface area (Å²) >= 11 is 1.82. The van der Waals surface area contributed by atoms with Gasteiger partial charge in [-0.15, -0.1) is 0 Å². The minimum Gasteiger partial charge on any atom is -0.465 e. The number of hydrogen-bond donors (Lipinski definition) is 1. The lowest BCUT2D eigenvalue weighted by atomic mass is 10.2. The van der Waals surface area contributed by atoms with E-state index in [0.29, 0.717) is 17.8 Å². The SMILES string of the molecule is CCNC(CSC(C)C(C)C)C(=O)OCC. The molecule has 0 saturated carbocycles. The zero-order chi connectivity index (χ0) is 12.6. The first kappa shape index (κ1) is 15.8. The van der Waals surface area contributed by atoms with E-state index < -0.39 is 0 Å². The molecule has 16 heavy (non-hydrogen) atoms. The fraction of sp³-hybridized carbons (Fsp3) is 0.917. The number of likely N-dealkylation sites (N-methyl/N-ethyl adjacent to an activating group) is 1. The standard InChI is InChI=1S/C12H25NO2S/c1-6-13-11(12(14)15-7-2)8-16-10(5)9(3)4/h9-11,13H,6-8H2,1-5H3. The molecule has 96 valence electrons. The number of rotatable bonds is 8. The van der Waals surface area contributed by atoms with E-state index in [2.05, 4.69) is 26.1 Å². The van der Waals surface area contributed by atoms with Gasteiger partial charge in [0.2, 0.25) is 0 Å². The van der Waals surface area contributed by atoms with Crippen LogP contribution in [-0.2, 0) is 9.53 Å². The summed E-state index contributed by atoms with van der Waals surface area (Å²) in [6.07, 6.45) is 0. The van der Waals surface area contributed by atoms with Gasteiger partial charge in [-0.3, -0.25) is 4.79 Å². The average Bonchev–Trinajstić information content (AvgIpc) is 2.23. The zero-order valence-electron chi connectivity index (χ0n) is 11.1. The predicted octanol–water partition coefficient (Wildman–Crippen LogP) is 2.31. The number of carbonyl (C=O) groups is 1. The van der Waals surface area contributed by atoms with Crippen molar-refractivity contribution in [3.63, 3.8) is 0 Å². The number of esters is 1. The molecule has 2 atom stereocenters. The Balaban J connectivity index is 4.07. The Hall–Kier alpha value is -0.220. The van der Waals surface area contributed by atoms with E-state index in [9.17, 15) is 4.79 Å². The molecule has 0 spiro atoms. The van der Waals surface area contributed by atoms with Crippen molar-refractivity contribution in [3.8, 4) is 0 Å². The van der Waals surface area contributed by atoms with E-state index in [-0.39, 0.29) is 12.0 Å². The van der Waals surface area contributed by atoms with Gasteiger partial charge in [0, 0.05) is 11.0 Å². The summed E-state index contributed by atoms with van der Waals surface area (Å²) in [5.41, 5.74) is 0. The lowest BCUT2D eigenvalue weighted by molar-refractivity contribution is -0.144. The molecule has 0 aromatic heterocycles. The molecule has 0 saturated heterocycles. The van der Waals surface area contributed by atoms with Gasteiger partial charge < -0.3 is 10.1 Å². The Morgan fingerprint density at radius 3 is 2.38 bits per heavy atom. The van der Waals surface area contributed by atoms with Crippen LogP contribution in [0.15, 0.2) is 0 Å². The third kappa shape index (κ3) is 6.38. The van der Waals surface area contributed by atoms with Gasteiger partial charge in [-0.25, -0.2) is 0 Å². The molecule has 0 aliphatic rings. The van der Waals surface area contributed by atoms with Gasteiger partial charge >= 0.3 is 5.97 Å². The van der Waals surface area contributed by atoms with Crippen LogP contribution in [0.25, 0.3) is 0 Å². The predicted molar refractivity (Wildman–Crippen MR) is 70.9 cm³/mol. The van der Waals surface area contributed by atoms with Crippen LogP contribution in [-0.4, -0.2) is 36.2 Å². The third-order valence-electron chi connectivity index (χ3n) is 2.49. The molecule has 3 nitrogen and oxygen atoms in total. The van der Waals surface area contributed by atoms with Crippen molar-refractivity contribution >= 4 is 17.7 Å². The van der Waals surface area contributed by atoms with Crippen LogP contribution in [0.2, 0.25) is 0 Å². The average molecular weight is 247 g/mol. The van der Waals surface area contributed by atoms with Crippen LogP contribution in [0.3, 0.4) is 0 Å². The second-order valence-electron chi connectivity index (χ2n) is 4.14. The maximum Gasteiger partial charge on any atom is 0.323 e. The van der Waals surface area contributed by atoms with Crippen molar-refractivity contribution in [1.82, 2.24) is 5.32 Å². The molecule has 0 heterocycles. The molecule has 0 bridgehead atoms. The van der Waals surface area contributed by atoms with E-state index in [1.54, 1.807) is 0 Å². The van der Waals surface area contributed by atoms with Crippen LogP contribution in [0.5, 0.6) is 0 Å². The normalized spacial score (nSPS) is 14.9. The second-order valence-corrected chi connectivity index (χ2v) is 5.56. The number of carbonyl (C=O) groups excluding carboxylic acids is 1. The highest BCUT2D eigenvalue weighted by atomic mass is 32.2. The zero-order valence-corrected chi connectivity index (χ0v) is 11.9. The molecule has 0 aromatic rings. The number of hydrogen-bond acceptors (Lipinski definition) is 4. The summed E-state index contributed by atoms with van der Waals surface area (Å²) in [6, 6.07) is -0.170. The molecule has 1 N–H and O–H groups in total. The van der Waals surface area contributed by atoms with Gasteiger partial charge in [-0.1, -0.05) is 27.7 Å². The summed E-state index contributed by atoms with van der Waals surface area (Å²) in [7, 11) is 0. The van der Waals surface area contributed by atoms with Gasteiger partial charge in [0.15, 0.2) is 0 Å². The first-order valence-electron chi connectivity index (χ1n) is 6.04. The maximum absolute atomic E-state index is 11.6. The molecule has 4 heteroatoms. The first-order valence-corrected chi connectivity index (χ1v) is 7.09. The molecule has 0 aliphatic carbocycles. The van der Waals surface area contributed by atoms with Crippen LogP contribution in [0.4, 0.5) is 0 Å². The van der Waals surface area contributed by atoms with Crippen LogP contribution in [0, 0.1) is 5.92 Å². The molecule has 0 aromatic carbocycles. The monoisotopic (exact) mass is 247 g/mol. The molecule has 2 unspecified atom stereocenters. The van der Waals surface area contributed by atoms with Crippen molar-refractivity contribution in [2.24, 2.45) is 5.92 Å². The van der Waals surface area contributed by atoms with Crippen LogP contribution < -0.4 is 5.32 Å². The smallest absolute Gasteiger partial charge is 0.323 e. The van der Waals surface area contributed by atoms with Crippen molar-refractivity contribution in [2.75, 3.05) is 18.9 Å². The lowest BCUT2D eigenvalue weighted by Gasteiger charge is -2.20. The summed E-state index contributed by atoms with van der Waals surface area (Å²) < 4.78 is 5.03. The van der Waals surface area contributed by atoms with E-state index in [4.69, 9.17) is 4.74 Å².